The van der Waals surface area contributed by atoms with Gasteiger partial charge in [0.2, 0.25) is 0 Å². The van der Waals surface area contributed by atoms with Gasteiger partial charge in [0.15, 0.2) is 0 Å². The zero-order valence-corrected chi connectivity index (χ0v) is 7.89. The van der Waals surface area contributed by atoms with Crippen molar-refractivity contribution in [1.82, 2.24) is 0 Å². The van der Waals surface area contributed by atoms with E-state index in [0.717, 1.165) is 18.4 Å². The molecule has 1 aliphatic rings. The van der Waals surface area contributed by atoms with E-state index < -0.39 is 0 Å². The molecule has 0 unspecified atom stereocenters. The van der Waals surface area contributed by atoms with E-state index in [1.54, 1.807) is 0 Å². The summed E-state index contributed by atoms with van der Waals surface area (Å²) in [5.74, 6) is 0.0530. The van der Waals surface area contributed by atoms with E-state index in [1.165, 1.54) is 12.1 Å². The summed E-state index contributed by atoms with van der Waals surface area (Å²) < 4.78 is 13.5. The van der Waals surface area contributed by atoms with E-state index >= 15 is 0 Å². The maximum atomic E-state index is 13.5. The summed E-state index contributed by atoms with van der Waals surface area (Å²) in [6.07, 6.45) is 1.70. The molecule has 0 fully saturated rings. The highest BCUT2D eigenvalue weighted by Gasteiger charge is 2.34. The Bertz CT molecular complexity index is 355. The largest absolute Gasteiger partial charge is 0.508 e. The van der Waals surface area contributed by atoms with Crippen LogP contribution in [0.5, 0.6) is 5.75 Å². The molecule has 1 aromatic rings. The lowest BCUT2D eigenvalue weighted by Crippen LogP contribution is -2.13. The average Bonchev–Trinajstić information content (AvgIpc) is 2.36. The van der Waals surface area contributed by atoms with E-state index in [-0.39, 0.29) is 17.0 Å². The third-order valence-electron chi connectivity index (χ3n) is 2.91. The van der Waals surface area contributed by atoms with Crippen LogP contribution in [0.15, 0.2) is 12.1 Å². The molecule has 1 N–H and O–H groups in total. The van der Waals surface area contributed by atoms with Gasteiger partial charge in [-0.25, -0.2) is 4.39 Å². The van der Waals surface area contributed by atoms with Crippen molar-refractivity contribution in [2.45, 2.75) is 32.1 Å². The van der Waals surface area contributed by atoms with E-state index in [1.807, 2.05) is 13.8 Å². The maximum Gasteiger partial charge on any atom is 0.127 e. The molecule has 2 rings (SSSR count). The van der Waals surface area contributed by atoms with Crippen molar-refractivity contribution in [3.05, 3.63) is 29.1 Å². The number of aromatic hydroxyl groups is 1. The van der Waals surface area contributed by atoms with Gasteiger partial charge >= 0.3 is 0 Å². The van der Waals surface area contributed by atoms with Crippen LogP contribution < -0.4 is 0 Å². The van der Waals surface area contributed by atoms with Gasteiger partial charge in [-0.2, -0.15) is 0 Å². The molecule has 13 heavy (non-hydrogen) atoms. The summed E-state index contributed by atoms with van der Waals surface area (Å²) in [6, 6.07) is 2.79. The first-order valence-corrected chi connectivity index (χ1v) is 4.53. The molecule has 0 saturated heterocycles. The first-order valence-electron chi connectivity index (χ1n) is 4.53. The summed E-state index contributed by atoms with van der Waals surface area (Å²) in [5, 5.41) is 9.52. The van der Waals surface area contributed by atoms with Gasteiger partial charge in [-0.3, -0.25) is 0 Å². The summed E-state index contributed by atoms with van der Waals surface area (Å²) in [5.41, 5.74) is 1.37. The Kier molecular flexibility index (Phi) is 1.62. The average molecular weight is 180 g/mol. The molecule has 0 bridgehead atoms. The highest BCUT2D eigenvalue weighted by atomic mass is 19.1. The van der Waals surface area contributed by atoms with E-state index in [0.29, 0.717) is 5.56 Å². The minimum atomic E-state index is -0.185. The summed E-state index contributed by atoms with van der Waals surface area (Å²) >= 11 is 0. The molecule has 0 spiro atoms. The molecule has 0 aliphatic heterocycles. The Balaban J connectivity index is 2.70. The third kappa shape index (κ3) is 1.12. The monoisotopic (exact) mass is 180 g/mol. The predicted molar refractivity (Wildman–Crippen MR) is 49.4 cm³/mol. The van der Waals surface area contributed by atoms with Crippen LogP contribution in [0, 0.1) is 5.82 Å². The van der Waals surface area contributed by atoms with E-state index in [4.69, 9.17) is 0 Å². The molecule has 1 aromatic carbocycles. The molecule has 0 atom stereocenters. The number of rotatable bonds is 0. The normalized spacial score (nSPS) is 18.7. The van der Waals surface area contributed by atoms with Crippen molar-refractivity contribution in [2.75, 3.05) is 0 Å². The molecule has 1 aliphatic carbocycles. The van der Waals surface area contributed by atoms with Crippen LogP contribution in [0.3, 0.4) is 0 Å². The van der Waals surface area contributed by atoms with Crippen molar-refractivity contribution in [3.63, 3.8) is 0 Å². The molecule has 0 aromatic heterocycles. The Hall–Kier alpha value is -1.05. The van der Waals surface area contributed by atoms with Gasteiger partial charge in [0.25, 0.3) is 0 Å². The Labute approximate surface area is 77.2 Å². The zero-order valence-electron chi connectivity index (χ0n) is 7.89. The number of hydrogen-bond acceptors (Lipinski definition) is 1. The van der Waals surface area contributed by atoms with Crippen LogP contribution in [0.25, 0.3) is 0 Å². The lowest BCUT2D eigenvalue weighted by atomic mass is 9.86. The second-order valence-corrected chi connectivity index (χ2v) is 4.30. The molecular formula is C11H13FO. The van der Waals surface area contributed by atoms with Crippen LogP contribution in [0.1, 0.15) is 31.4 Å². The molecule has 2 heteroatoms. The predicted octanol–water partition coefficient (Wildman–Crippen LogP) is 2.76. The molecule has 0 saturated carbocycles. The Morgan fingerprint density at radius 2 is 2.08 bits per heavy atom. The minimum absolute atomic E-state index is 0.127. The number of benzene rings is 1. The van der Waals surface area contributed by atoms with Gasteiger partial charge in [0, 0.05) is 11.1 Å². The number of hydrogen-bond donors (Lipinski definition) is 1. The summed E-state index contributed by atoms with van der Waals surface area (Å²) in [4.78, 5) is 0. The molecule has 0 amide bonds. The van der Waals surface area contributed by atoms with E-state index in [2.05, 4.69) is 0 Å². The first kappa shape index (κ1) is 8.54. The molecule has 0 radical (unpaired) electrons. The fourth-order valence-electron chi connectivity index (χ4n) is 2.16. The fraction of sp³-hybridized carbons (Fsp3) is 0.455. The topological polar surface area (TPSA) is 20.2 Å². The third-order valence-corrected chi connectivity index (χ3v) is 2.91. The summed E-state index contributed by atoms with van der Waals surface area (Å²) in [6.45, 7) is 4.03. The number of phenolic OH excluding ortho intramolecular Hbond substituents is 1. The lowest BCUT2D eigenvalue weighted by Gasteiger charge is -2.19. The quantitative estimate of drug-likeness (QED) is 0.650. The van der Waals surface area contributed by atoms with Gasteiger partial charge in [-0.15, -0.1) is 0 Å². The molecule has 1 nitrogen and oxygen atoms in total. The van der Waals surface area contributed by atoms with Crippen molar-refractivity contribution in [1.29, 1.82) is 0 Å². The second kappa shape index (κ2) is 2.47. The second-order valence-electron chi connectivity index (χ2n) is 4.30. The standard InChI is InChI=1S/C11H13FO/c1-11(2)6-5-7-9(13)4-3-8(12)10(7)11/h3-4,13H,5-6H2,1-2H3. The van der Waals surface area contributed by atoms with Crippen LogP contribution in [0.2, 0.25) is 0 Å². The van der Waals surface area contributed by atoms with Gasteiger partial charge in [0.1, 0.15) is 11.6 Å². The highest BCUT2D eigenvalue weighted by Crippen LogP contribution is 2.43. The fourth-order valence-corrected chi connectivity index (χ4v) is 2.16. The molecular weight excluding hydrogens is 167 g/mol. The van der Waals surface area contributed by atoms with Gasteiger partial charge < -0.3 is 5.11 Å². The van der Waals surface area contributed by atoms with Gasteiger partial charge in [-0.05, 0) is 30.4 Å². The first-order chi connectivity index (χ1) is 6.02. The Morgan fingerprint density at radius 1 is 1.38 bits per heavy atom. The van der Waals surface area contributed by atoms with Gasteiger partial charge in [0.05, 0.1) is 0 Å². The Morgan fingerprint density at radius 3 is 2.69 bits per heavy atom. The van der Waals surface area contributed by atoms with Crippen LogP contribution in [0.4, 0.5) is 4.39 Å². The van der Waals surface area contributed by atoms with Crippen LogP contribution in [-0.2, 0) is 11.8 Å². The van der Waals surface area contributed by atoms with E-state index in [9.17, 15) is 9.50 Å². The number of halogens is 1. The number of fused-ring (bicyclic) bond motifs is 1. The smallest absolute Gasteiger partial charge is 0.127 e. The van der Waals surface area contributed by atoms with Crippen LogP contribution >= 0.6 is 0 Å². The number of phenols is 1. The van der Waals surface area contributed by atoms with Crippen molar-refractivity contribution in [3.8, 4) is 5.75 Å². The SMILES string of the molecule is CC1(C)CCc2c(O)ccc(F)c21. The minimum Gasteiger partial charge on any atom is -0.508 e. The lowest BCUT2D eigenvalue weighted by molar-refractivity contribution is 0.464. The summed E-state index contributed by atoms with van der Waals surface area (Å²) in [7, 11) is 0. The zero-order chi connectivity index (χ0) is 9.64. The van der Waals surface area contributed by atoms with Crippen molar-refractivity contribution >= 4 is 0 Å². The van der Waals surface area contributed by atoms with Gasteiger partial charge in [-0.1, -0.05) is 13.8 Å². The maximum absolute atomic E-state index is 13.5. The molecule has 70 valence electrons. The van der Waals surface area contributed by atoms with Crippen molar-refractivity contribution in [2.24, 2.45) is 0 Å². The van der Waals surface area contributed by atoms with Crippen LogP contribution in [-0.4, -0.2) is 5.11 Å². The molecule has 0 heterocycles. The van der Waals surface area contributed by atoms with Crippen molar-refractivity contribution < 1.29 is 9.50 Å². The highest BCUT2D eigenvalue weighted by molar-refractivity contribution is 5.47.